The highest BCUT2D eigenvalue weighted by atomic mass is 32.2. The minimum Gasteiger partial charge on any atom is -0.397 e. The first-order valence-electron chi connectivity index (χ1n) is 5.16. The number of anilines is 1. The zero-order chi connectivity index (χ0) is 12.9. The van der Waals surface area contributed by atoms with Crippen LogP contribution in [0.3, 0.4) is 0 Å². The van der Waals surface area contributed by atoms with Crippen LogP contribution in [0.1, 0.15) is 19.0 Å². The van der Waals surface area contributed by atoms with Gasteiger partial charge in [0.05, 0.1) is 24.1 Å². The van der Waals surface area contributed by atoms with Crippen molar-refractivity contribution in [1.82, 2.24) is 9.71 Å². The van der Waals surface area contributed by atoms with Crippen LogP contribution in [0.5, 0.6) is 0 Å². The van der Waals surface area contributed by atoms with Crippen molar-refractivity contribution < 1.29 is 13.2 Å². The molecule has 0 saturated carbocycles. The van der Waals surface area contributed by atoms with Crippen molar-refractivity contribution in [3.63, 3.8) is 0 Å². The maximum absolute atomic E-state index is 11.4. The molecule has 1 heterocycles. The van der Waals surface area contributed by atoms with E-state index in [0.717, 1.165) is 0 Å². The lowest BCUT2D eigenvalue weighted by atomic mass is 10.2. The number of aromatic nitrogens is 1. The highest BCUT2D eigenvalue weighted by molar-refractivity contribution is 7.90. The lowest BCUT2D eigenvalue weighted by molar-refractivity contribution is -0.118. The van der Waals surface area contributed by atoms with Crippen LogP contribution in [-0.4, -0.2) is 25.1 Å². The molecule has 6 nitrogen and oxygen atoms in total. The number of carbonyl (C=O) groups is 1. The van der Waals surface area contributed by atoms with Crippen LogP contribution in [0.2, 0.25) is 0 Å². The highest BCUT2D eigenvalue weighted by Crippen LogP contribution is 2.02. The van der Waals surface area contributed by atoms with E-state index in [2.05, 4.69) is 4.98 Å². The molecule has 0 unspecified atom stereocenters. The zero-order valence-corrected chi connectivity index (χ0v) is 10.3. The van der Waals surface area contributed by atoms with E-state index in [1.165, 1.54) is 6.20 Å². The number of pyridine rings is 1. The largest absolute Gasteiger partial charge is 0.397 e. The summed E-state index contributed by atoms with van der Waals surface area (Å²) in [6.07, 6.45) is 1.80. The molecule has 7 heteroatoms. The van der Waals surface area contributed by atoms with Crippen LogP contribution < -0.4 is 10.5 Å². The van der Waals surface area contributed by atoms with Crippen molar-refractivity contribution in [2.75, 3.05) is 11.5 Å². The number of amides is 1. The Hall–Kier alpha value is -1.63. The quantitative estimate of drug-likeness (QED) is 0.776. The van der Waals surface area contributed by atoms with E-state index in [4.69, 9.17) is 5.73 Å². The number of hydrogen-bond acceptors (Lipinski definition) is 5. The number of nitrogens with two attached hydrogens (primary N) is 1. The number of hydrogen-bond donors (Lipinski definition) is 2. The third-order valence-corrected chi connectivity index (χ3v) is 3.42. The second-order valence-electron chi connectivity index (χ2n) is 3.60. The van der Waals surface area contributed by atoms with Crippen molar-refractivity contribution in [3.05, 3.63) is 24.0 Å². The van der Waals surface area contributed by atoms with Gasteiger partial charge in [-0.25, -0.2) is 8.42 Å². The van der Waals surface area contributed by atoms with Gasteiger partial charge in [-0.3, -0.25) is 14.5 Å². The second kappa shape index (κ2) is 5.62. The van der Waals surface area contributed by atoms with E-state index < -0.39 is 15.9 Å². The average molecular weight is 257 g/mol. The number of sulfonamides is 1. The van der Waals surface area contributed by atoms with Gasteiger partial charge in [0, 0.05) is 5.69 Å². The lowest BCUT2D eigenvalue weighted by Crippen LogP contribution is -2.33. The number of nitrogens with zero attached hydrogens (tertiary/aromatic N) is 1. The van der Waals surface area contributed by atoms with E-state index in [0.29, 0.717) is 17.8 Å². The minimum absolute atomic E-state index is 0.0616. The molecule has 0 aliphatic heterocycles. The Morgan fingerprint density at radius 1 is 1.47 bits per heavy atom. The first-order valence-corrected chi connectivity index (χ1v) is 6.82. The summed E-state index contributed by atoms with van der Waals surface area (Å²) in [7, 11) is -3.51. The molecule has 0 atom stereocenters. The number of rotatable bonds is 5. The summed E-state index contributed by atoms with van der Waals surface area (Å²) in [6, 6.07) is 3.19. The van der Waals surface area contributed by atoms with Gasteiger partial charge in [0.2, 0.25) is 15.9 Å². The van der Waals surface area contributed by atoms with Crippen LogP contribution in [-0.2, 0) is 21.2 Å². The normalized spacial score (nSPS) is 11.1. The van der Waals surface area contributed by atoms with Crippen LogP contribution in [0.15, 0.2) is 18.3 Å². The van der Waals surface area contributed by atoms with Crippen LogP contribution in [0.25, 0.3) is 0 Å². The Labute approximate surface area is 100 Å². The van der Waals surface area contributed by atoms with Gasteiger partial charge in [-0.15, -0.1) is 0 Å². The topological polar surface area (TPSA) is 102 Å². The molecule has 0 aliphatic rings. The van der Waals surface area contributed by atoms with E-state index in [-0.39, 0.29) is 12.2 Å². The Kier molecular flexibility index (Phi) is 4.45. The smallest absolute Gasteiger partial charge is 0.239 e. The fourth-order valence-corrected chi connectivity index (χ4v) is 2.29. The minimum atomic E-state index is -3.51. The van der Waals surface area contributed by atoms with E-state index in [1.54, 1.807) is 19.1 Å². The third kappa shape index (κ3) is 4.81. The fourth-order valence-electron chi connectivity index (χ4n) is 1.23. The summed E-state index contributed by atoms with van der Waals surface area (Å²) in [5, 5.41) is 0. The van der Waals surface area contributed by atoms with Gasteiger partial charge in [-0.05, 0) is 18.6 Å². The molecule has 0 radical (unpaired) electrons. The molecule has 0 aromatic carbocycles. The predicted octanol–water partition coefficient (Wildman–Crippen LogP) is 0.0623. The Balaban J connectivity index is 2.59. The van der Waals surface area contributed by atoms with Gasteiger partial charge in [0.25, 0.3) is 0 Å². The standard InChI is InChI=1S/C10H15N3O3S/c1-2-5-17(15,16)13-10(14)6-9-4-3-8(11)7-12-9/h3-4,7H,2,5-6,11H2,1H3,(H,13,14). The zero-order valence-electron chi connectivity index (χ0n) is 9.51. The van der Waals surface area contributed by atoms with Crippen molar-refractivity contribution in [2.45, 2.75) is 19.8 Å². The molecule has 0 spiro atoms. The number of nitrogens with one attached hydrogen (secondary N) is 1. The van der Waals surface area contributed by atoms with Crippen molar-refractivity contribution >= 4 is 21.6 Å². The molecule has 1 aromatic rings. The summed E-state index contributed by atoms with van der Waals surface area (Å²) >= 11 is 0. The highest BCUT2D eigenvalue weighted by Gasteiger charge is 2.13. The summed E-state index contributed by atoms with van der Waals surface area (Å²) in [5.41, 5.74) is 6.41. The summed E-state index contributed by atoms with van der Waals surface area (Å²) in [4.78, 5) is 15.3. The first-order chi connectivity index (χ1) is 7.93. The molecular formula is C10H15N3O3S. The molecule has 17 heavy (non-hydrogen) atoms. The van der Waals surface area contributed by atoms with Crippen LogP contribution >= 0.6 is 0 Å². The summed E-state index contributed by atoms with van der Waals surface area (Å²) < 4.78 is 24.6. The fraction of sp³-hybridized carbons (Fsp3) is 0.400. The molecular weight excluding hydrogens is 242 g/mol. The molecule has 0 fully saturated rings. The SMILES string of the molecule is CCCS(=O)(=O)NC(=O)Cc1ccc(N)cn1. The van der Waals surface area contributed by atoms with Gasteiger partial charge in [-0.2, -0.15) is 0 Å². The average Bonchev–Trinajstić information content (AvgIpc) is 2.20. The van der Waals surface area contributed by atoms with E-state index >= 15 is 0 Å². The molecule has 0 saturated heterocycles. The van der Waals surface area contributed by atoms with E-state index in [9.17, 15) is 13.2 Å². The third-order valence-electron chi connectivity index (χ3n) is 1.93. The Morgan fingerprint density at radius 2 is 2.18 bits per heavy atom. The van der Waals surface area contributed by atoms with Gasteiger partial charge in [0.1, 0.15) is 0 Å². The van der Waals surface area contributed by atoms with E-state index in [1.807, 2.05) is 4.72 Å². The molecule has 1 amide bonds. The Bertz CT molecular complexity index is 482. The van der Waals surface area contributed by atoms with Crippen molar-refractivity contribution in [3.8, 4) is 0 Å². The monoisotopic (exact) mass is 257 g/mol. The Morgan fingerprint density at radius 3 is 2.71 bits per heavy atom. The van der Waals surface area contributed by atoms with Gasteiger partial charge >= 0.3 is 0 Å². The summed E-state index contributed by atoms with van der Waals surface area (Å²) in [5.74, 6) is -0.649. The molecule has 1 rings (SSSR count). The van der Waals surface area contributed by atoms with Gasteiger partial charge in [-0.1, -0.05) is 6.92 Å². The molecule has 1 aromatic heterocycles. The molecule has 0 bridgehead atoms. The van der Waals surface area contributed by atoms with Crippen molar-refractivity contribution in [2.24, 2.45) is 0 Å². The number of carbonyl (C=O) groups excluding carboxylic acids is 1. The molecule has 3 N–H and O–H groups in total. The molecule has 94 valence electrons. The number of nitrogen functional groups attached to an aromatic ring is 1. The lowest BCUT2D eigenvalue weighted by Gasteiger charge is -2.05. The van der Waals surface area contributed by atoms with Gasteiger partial charge < -0.3 is 5.73 Å². The maximum Gasteiger partial charge on any atom is 0.239 e. The predicted molar refractivity (Wildman–Crippen MR) is 64.6 cm³/mol. The van der Waals surface area contributed by atoms with Crippen LogP contribution in [0, 0.1) is 0 Å². The van der Waals surface area contributed by atoms with Crippen molar-refractivity contribution in [1.29, 1.82) is 0 Å². The summed E-state index contributed by atoms with van der Waals surface area (Å²) in [6.45, 7) is 1.73. The van der Waals surface area contributed by atoms with Crippen LogP contribution in [0.4, 0.5) is 5.69 Å². The first kappa shape index (κ1) is 13.4. The second-order valence-corrected chi connectivity index (χ2v) is 5.45. The maximum atomic E-state index is 11.4. The van der Waals surface area contributed by atoms with Gasteiger partial charge in [0.15, 0.2) is 0 Å². The molecule has 0 aliphatic carbocycles.